The van der Waals surface area contributed by atoms with Crippen LogP contribution in [0.15, 0.2) is 54.6 Å². The number of benzene rings is 3. The fraction of sp³-hybridized carbons (Fsp3) is 0.217. The molecule has 3 rings (SSSR count). The van der Waals surface area contributed by atoms with Crippen LogP contribution in [0.5, 0.6) is 17.2 Å². The number of fused-ring (bicyclic) bond motifs is 1. The molecule has 1 atom stereocenters. The topological polar surface area (TPSA) is 83.1 Å². The van der Waals surface area contributed by atoms with E-state index in [-0.39, 0.29) is 11.3 Å². The second-order valence-corrected chi connectivity index (χ2v) is 6.47. The number of rotatable bonds is 7. The van der Waals surface area contributed by atoms with Gasteiger partial charge in [0, 0.05) is 23.2 Å². The number of hydrogen-bond acceptors (Lipinski definition) is 6. The molecule has 1 unspecified atom stereocenters. The Labute approximate surface area is 174 Å². The van der Waals surface area contributed by atoms with Gasteiger partial charge in [0.25, 0.3) is 5.91 Å². The molecule has 30 heavy (non-hydrogen) atoms. The summed E-state index contributed by atoms with van der Waals surface area (Å²) in [6.45, 7) is 1.51. The molecular formula is C23H23NO6. The Kier molecular flexibility index (Phi) is 6.41. The van der Waals surface area contributed by atoms with Gasteiger partial charge in [0.05, 0.1) is 21.3 Å². The lowest BCUT2D eigenvalue weighted by molar-refractivity contribution is -0.123. The Morgan fingerprint density at radius 1 is 0.833 bits per heavy atom. The molecule has 0 aromatic heterocycles. The van der Waals surface area contributed by atoms with Gasteiger partial charge in [-0.1, -0.05) is 36.4 Å². The van der Waals surface area contributed by atoms with Crippen LogP contribution in [-0.4, -0.2) is 39.3 Å². The second-order valence-electron chi connectivity index (χ2n) is 6.47. The number of anilines is 1. The molecule has 0 saturated heterocycles. The summed E-state index contributed by atoms with van der Waals surface area (Å²) in [6, 6.07) is 16.3. The van der Waals surface area contributed by atoms with Gasteiger partial charge >= 0.3 is 5.97 Å². The summed E-state index contributed by atoms with van der Waals surface area (Å²) in [5, 5.41) is 4.71. The molecule has 0 heterocycles. The average Bonchev–Trinajstić information content (AvgIpc) is 2.78. The molecule has 1 amide bonds. The zero-order chi connectivity index (χ0) is 21.7. The number of nitrogens with one attached hydrogen (secondary N) is 1. The first-order chi connectivity index (χ1) is 14.5. The molecule has 0 aliphatic carbocycles. The number of carbonyl (C=O) groups is 2. The first-order valence-corrected chi connectivity index (χ1v) is 9.28. The largest absolute Gasteiger partial charge is 0.496 e. The first-order valence-electron chi connectivity index (χ1n) is 9.28. The summed E-state index contributed by atoms with van der Waals surface area (Å²) < 4.78 is 21.1. The van der Waals surface area contributed by atoms with Gasteiger partial charge in [0.2, 0.25) is 0 Å². The molecule has 3 aromatic rings. The smallest absolute Gasteiger partial charge is 0.342 e. The van der Waals surface area contributed by atoms with Crippen molar-refractivity contribution in [3.05, 3.63) is 60.2 Å². The van der Waals surface area contributed by atoms with E-state index < -0.39 is 18.0 Å². The van der Waals surface area contributed by atoms with Gasteiger partial charge in [-0.15, -0.1) is 0 Å². The predicted molar refractivity (Wildman–Crippen MR) is 114 cm³/mol. The molecule has 0 spiro atoms. The number of hydrogen-bond donors (Lipinski definition) is 1. The van der Waals surface area contributed by atoms with Crippen molar-refractivity contribution in [2.75, 3.05) is 26.6 Å². The minimum atomic E-state index is -1.03. The van der Waals surface area contributed by atoms with Gasteiger partial charge in [-0.2, -0.15) is 0 Å². The molecule has 0 saturated carbocycles. The third kappa shape index (κ3) is 4.30. The van der Waals surface area contributed by atoms with E-state index in [1.165, 1.54) is 40.4 Å². The van der Waals surface area contributed by atoms with Gasteiger partial charge < -0.3 is 24.3 Å². The van der Waals surface area contributed by atoms with Gasteiger partial charge in [-0.3, -0.25) is 4.79 Å². The molecule has 1 N–H and O–H groups in total. The normalized spacial score (nSPS) is 11.5. The number of carbonyl (C=O) groups excluding carboxylic acids is 2. The standard InChI is InChI=1S/C23H23NO6/c1-14(22(25)24-18-11-7-9-15-8-5-6-10-16(15)18)30-23(26)17-12-20(28-3)21(29-4)13-19(17)27-2/h5-14H,1-4H3,(H,24,25). The zero-order valence-corrected chi connectivity index (χ0v) is 17.2. The Morgan fingerprint density at radius 3 is 2.17 bits per heavy atom. The van der Waals surface area contributed by atoms with Crippen LogP contribution in [0.3, 0.4) is 0 Å². The minimum Gasteiger partial charge on any atom is -0.496 e. The van der Waals surface area contributed by atoms with E-state index in [4.69, 9.17) is 18.9 Å². The summed E-state index contributed by atoms with van der Waals surface area (Å²) in [6.07, 6.45) is -1.03. The van der Waals surface area contributed by atoms with E-state index in [9.17, 15) is 9.59 Å². The van der Waals surface area contributed by atoms with E-state index in [0.29, 0.717) is 17.2 Å². The van der Waals surface area contributed by atoms with Gasteiger partial charge in [-0.25, -0.2) is 4.79 Å². The van der Waals surface area contributed by atoms with Gasteiger partial charge in [-0.05, 0) is 18.4 Å². The molecule has 0 fully saturated rings. The van der Waals surface area contributed by atoms with Crippen LogP contribution in [-0.2, 0) is 9.53 Å². The predicted octanol–water partition coefficient (Wildman–Crippen LogP) is 4.05. The lowest BCUT2D eigenvalue weighted by Gasteiger charge is -2.17. The van der Waals surface area contributed by atoms with Crippen LogP contribution in [0.2, 0.25) is 0 Å². The van der Waals surface area contributed by atoms with Crippen LogP contribution in [0.1, 0.15) is 17.3 Å². The minimum absolute atomic E-state index is 0.125. The molecule has 7 heteroatoms. The van der Waals surface area contributed by atoms with Crippen molar-refractivity contribution < 1.29 is 28.5 Å². The second kappa shape index (κ2) is 9.17. The lowest BCUT2D eigenvalue weighted by atomic mass is 10.1. The summed E-state index contributed by atoms with van der Waals surface area (Å²) in [5.41, 5.74) is 0.768. The molecule has 156 valence electrons. The Bertz CT molecular complexity index is 1070. The molecular weight excluding hydrogens is 386 g/mol. The maximum Gasteiger partial charge on any atom is 0.342 e. The monoisotopic (exact) mass is 409 g/mol. The number of esters is 1. The third-order valence-electron chi connectivity index (χ3n) is 4.63. The van der Waals surface area contributed by atoms with Gasteiger partial charge in [0.15, 0.2) is 17.6 Å². The van der Waals surface area contributed by atoms with E-state index >= 15 is 0 Å². The molecule has 0 aliphatic rings. The number of amides is 1. The maximum absolute atomic E-state index is 12.7. The van der Waals surface area contributed by atoms with E-state index in [0.717, 1.165) is 10.8 Å². The van der Waals surface area contributed by atoms with Crippen LogP contribution in [0.25, 0.3) is 10.8 Å². The van der Waals surface area contributed by atoms with Crippen molar-refractivity contribution in [2.24, 2.45) is 0 Å². The first kappa shape index (κ1) is 21.0. The quantitative estimate of drug-likeness (QED) is 0.593. The molecule has 0 aliphatic heterocycles. The SMILES string of the molecule is COc1cc(OC)c(C(=O)OC(C)C(=O)Nc2cccc3ccccc23)cc1OC. The van der Waals surface area contributed by atoms with Crippen LogP contribution < -0.4 is 19.5 Å². The highest BCUT2D eigenvalue weighted by Gasteiger charge is 2.24. The molecule has 3 aromatic carbocycles. The average molecular weight is 409 g/mol. The maximum atomic E-state index is 12.7. The van der Waals surface area contributed by atoms with Crippen molar-refractivity contribution >= 4 is 28.3 Å². The molecule has 0 bridgehead atoms. The highest BCUT2D eigenvalue weighted by molar-refractivity contribution is 6.04. The highest BCUT2D eigenvalue weighted by atomic mass is 16.6. The molecule has 7 nitrogen and oxygen atoms in total. The van der Waals surface area contributed by atoms with E-state index in [1.54, 1.807) is 6.07 Å². The van der Waals surface area contributed by atoms with Crippen molar-refractivity contribution in [1.29, 1.82) is 0 Å². The zero-order valence-electron chi connectivity index (χ0n) is 17.2. The fourth-order valence-corrected chi connectivity index (χ4v) is 3.04. The summed E-state index contributed by atoms with van der Waals surface area (Å²) >= 11 is 0. The Morgan fingerprint density at radius 2 is 1.47 bits per heavy atom. The van der Waals surface area contributed by atoms with Crippen LogP contribution >= 0.6 is 0 Å². The lowest BCUT2D eigenvalue weighted by Crippen LogP contribution is -2.30. The van der Waals surface area contributed by atoms with Crippen molar-refractivity contribution in [3.8, 4) is 17.2 Å². The Hall–Kier alpha value is -3.74. The number of methoxy groups -OCH3 is 3. The summed E-state index contributed by atoms with van der Waals surface area (Å²) in [4.78, 5) is 25.3. The summed E-state index contributed by atoms with van der Waals surface area (Å²) in [5.74, 6) is -0.155. The Balaban J connectivity index is 1.77. The van der Waals surface area contributed by atoms with Crippen molar-refractivity contribution in [3.63, 3.8) is 0 Å². The fourth-order valence-electron chi connectivity index (χ4n) is 3.04. The molecule has 0 radical (unpaired) electrons. The van der Waals surface area contributed by atoms with Crippen molar-refractivity contribution in [2.45, 2.75) is 13.0 Å². The summed E-state index contributed by atoms with van der Waals surface area (Å²) in [7, 11) is 4.36. The third-order valence-corrected chi connectivity index (χ3v) is 4.63. The van der Waals surface area contributed by atoms with E-state index in [2.05, 4.69) is 5.32 Å². The van der Waals surface area contributed by atoms with Crippen LogP contribution in [0, 0.1) is 0 Å². The van der Waals surface area contributed by atoms with Crippen LogP contribution in [0.4, 0.5) is 5.69 Å². The van der Waals surface area contributed by atoms with Crippen molar-refractivity contribution in [1.82, 2.24) is 0 Å². The van der Waals surface area contributed by atoms with E-state index in [1.807, 2.05) is 36.4 Å². The number of ether oxygens (including phenoxy) is 4. The highest BCUT2D eigenvalue weighted by Crippen LogP contribution is 2.35. The van der Waals surface area contributed by atoms with Gasteiger partial charge in [0.1, 0.15) is 11.3 Å².